The van der Waals surface area contributed by atoms with Crippen molar-refractivity contribution >= 4 is 21.8 Å². The van der Waals surface area contributed by atoms with Gasteiger partial charge in [-0.15, -0.1) is 0 Å². The van der Waals surface area contributed by atoms with Gasteiger partial charge >= 0.3 is 0 Å². The molecule has 0 fully saturated rings. The van der Waals surface area contributed by atoms with E-state index in [2.05, 4.69) is 10.9 Å². The maximum atomic E-state index is 12.0. The summed E-state index contributed by atoms with van der Waals surface area (Å²) in [6.07, 6.45) is 1.03. The summed E-state index contributed by atoms with van der Waals surface area (Å²) in [6, 6.07) is 5.63. The van der Waals surface area contributed by atoms with Crippen molar-refractivity contribution < 1.29 is 18.0 Å². The summed E-state index contributed by atoms with van der Waals surface area (Å²) in [5.74, 6) is -0.466. The highest BCUT2D eigenvalue weighted by molar-refractivity contribution is 7.89. The molecule has 1 rings (SSSR count). The Balaban J connectivity index is 2.73. The fourth-order valence-electron chi connectivity index (χ4n) is 1.69. The molecule has 0 saturated carbocycles. The molecule has 0 radical (unpaired) electrons. The molecule has 2 amide bonds. The zero-order chi connectivity index (χ0) is 17.6. The van der Waals surface area contributed by atoms with Crippen LogP contribution in [-0.2, 0) is 14.8 Å². The van der Waals surface area contributed by atoms with Crippen LogP contribution in [0.5, 0.6) is 0 Å². The highest BCUT2D eigenvalue weighted by atomic mass is 32.2. The van der Waals surface area contributed by atoms with Crippen LogP contribution in [0.2, 0.25) is 0 Å². The Morgan fingerprint density at radius 1 is 1.17 bits per heavy atom. The minimum atomic E-state index is -3.62. The molecular formula is C15H23N3O4S. The van der Waals surface area contributed by atoms with E-state index >= 15 is 0 Å². The topological polar surface area (TPSA) is 95.6 Å². The van der Waals surface area contributed by atoms with Crippen LogP contribution >= 0.6 is 0 Å². The summed E-state index contributed by atoms with van der Waals surface area (Å²) in [4.78, 5) is 23.6. The number of amides is 2. The number of rotatable bonds is 6. The van der Waals surface area contributed by atoms with Gasteiger partial charge in [-0.05, 0) is 30.5 Å². The molecule has 0 aromatic heterocycles. The second-order valence-electron chi connectivity index (χ2n) is 5.75. The number of nitrogens with zero attached hydrogens (tertiary/aromatic N) is 1. The molecule has 2 N–H and O–H groups in total. The maximum absolute atomic E-state index is 12.0. The quantitative estimate of drug-likeness (QED) is 0.758. The molecule has 7 nitrogen and oxygen atoms in total. The highest BCUT2D eigenvalue weighted by Gasteiger charge is 2.18. The fourth-order valence-corrected chi connectivity index (χ4v) is 2.64. The van der Waals surface area contributed by atoms with Crippen molar-refractivity contribution in [2.24, 2.45) is 5.92 Å². The predicted octanol–water partition coefficient (Wildman–Crippen LogP) is 1.13. The largest absolute Gasteiger partial charge is 0.273 e. The first-order valence-electron chi connectivity index (χ1n) is 7.26. The van der Waals surface area contributed by atoms with Crippen LogP contribution in [0.4, 0.5) is 0 Å². The van der Waals surface area contributed by atoms with E-state index < -0.39 is 15.9 Å². The molecule has 8 heteroatoms. The first-order chi connectivity index (χ1) is 10.6. The second kappa shape index (κ2) is 8.07. The zero-order valence-electron chi connectivity index (χ0n) is 13.8. The van der Waals surface area contributed by atoms with Crippen molar-refractivity contribution in [3.63, 3.8) is 0 Å². The van der Waals surface area contributed by atoms with Crippen LogP contribution in [0.15, 0.2) is 29.2 Å². The van der Waals surface area contributed by atoms with Gasteiger partial charge in [0.15, 0.2) is 0 Å². The van der Waals surface area contributed by atoms with Crippen molar-refractivity contribution in [2.45, 2.75) is 31.6 Å². The van der Waals surface area contributed by atoms with Crippen LogP contribution in [0.3, 0.4) is 0 Å². The third kappa shape index (κ3) is 5.65. The number of hydrogen-bond donors (Lipinski definition) is 2. The summed E-state index contributed by atoms with van der Waals surface area (Å²) in [5, 5.41) is 0. The lowest BCUT2D eigenvalue weighted by molar-refractivity contribution is -0.122. The average molecular weight is 341 g/mol. The Morgan fingerprint density at radius 3 is 2.39 bits per heavy atom. The molecular weight excluding hydrogens is 318 g/mol. The molecule has 0 atom stereocenters. The van der Waals surface area contributed by atoms with Crippen LogP contribution in [-0.4, -0.2) is 38.6 Å². The molecule has 0 bridgehead atoms. The van der Waals surface area contributed by atoms with Crippen molar-refractivity contribution in [3.05, 3.63) is 29.8 Å². The molecule has 0 heterocycles. The molecule has 0 unspecified atom stereocenters. The Labute approximate surface area is 137 Å². The smallest absolute Gasteiger partial charge is 0.269 e. The van der Waals surface area contributed by atoms with E-state index in [1.807, 2.05) is 13.8 Å². The third-order valence-electron chi connectivity index (χ3n) is 3.14. The number of benzene rings is 1. The third-order valence-corrected chi connectivity index (χ3v) is 4.95. The minimum Gasteiger partial charge on any atom is -0.273 e. The standard InChI is InChI=1S/C15H23N3O4S/c1-11(2)8-9-14(19)16-17-15(20)12-6-5-7-13(10-12)23(21,22)18(3)4/h5-7,10-11H,8-9H2,1-4H3,(H,16,19)(H,17,20). The van der Waals surface area contributed by atoms with Gasteiger partial charge < -0.3 is 0 Å². The Hall–Kier alpha value is -1.93. The molecule has 0 spiro atoms. The van der Waals surface area contributed by atoms with Gasteiger partial charge in [0.05, 0.1) is 4.90 Å². The van der Waals surface area contributed by atoms with Gasteiger partial charge in [-0.3, -0.25) is 20.4 Å². The van der Waals surface area contributed by atoms with Crippen molar-refractivity contribution in [1.29, 1.82) is 0 Å². The van der Waals surface area contributed by atoms with E-state index in [0.29, 0.717) is 12.3 Å². The van der Waals surface area contributed by atoms with Crippen LogP contribution in [0.25, 0.3) is 0 Å². The van der Waals surface area contributed by atoms with Crippen molar-refractivity contribution in [2.75, 3.05) is 14.1 Å². The molecule has 1 aromatic rings. The first kappa shape index (κ1) is 19.1. The predicted molar refractivity (Wildman–Crippen MR) is 87.0 cm³/mol. The van der Waals surface area contributed by atoms with Gasteiger partial charge in [0.25, 0.3) is 5.91 Å². The molecule has 128 valence electrons. The summed E-state index contributed by atoms with van der Waals surface area (Å²) in [7, 11) is -0.789. The Kier molecular flexibility index (Phi) is 6.71. The molecule has 0 aliphatic carbocycles. The summed E-state index contributed by atoms with van der Waals surface area (Å²) < 4.78 is 25.2. The first-order valence-corrected chi connectivity index (χ1v) is 8.70. The molecule has 1 aromatic carbocycles. The Morgan fingerprint density at radius 2 is 1.83 bits per heavy atom. The van der Waals surface area contributed by atoms with Crippen molar-refractivity contribution in [3.8, 4) is 0 Å². The number of sulfonamides is 1. The van der Waals surface area contributed by atoms with Crippen LogP contribution < -0.4 is 10.9 Å². The van der Waals surface area contributed by atoms with E-state index in [-0.39, 0.29) is 16.4 Å². The van der Waals surface area contributed by atoms with E-state index in [0.717, 1.165) is 10.7 Å². The lowest BCUT2D eigenvalue weighted by atomic mass is 10.1. The average Bonchev–Trinajstić information content (AvgIpc) is 2.50. The van der Waals surface area contributed by atoms with Gasteiger partial charge in [0.2, 0.25) is 15.9 Å². The number of carbonyl (C=O) groups excluding carboxylic acids is 2. The summed E-state index contributed by atoms with van der Waals surface area (Å²) in [5.41, 5.74) is 4.75. The molecule has 0 aliphatic rings. The number of nitrogens with one attached hydrogen (secondary N) is 2. The number of hydrazine groups is 1. The normalized spacial score (nSPS) is 11.6. The van der Waals surface area contributed by atoms with Crippen molar-refractivity contribution in [1.82, 2.24) is 15.2 Å². The highest BCUT2D eigenvalue weighted by Crippen LogP contribution is 2.14. The van der Waals surface area contributed by atoms with E-state index in [1.165, 1.54) is 38.4 Å². The second-order valence-corrected chi connectivity index (χ2v) is 7.90. The van der Waals surface area contributed by atoms with Crippen LogP contribution in [0.1, 0.15) is 37.0 Å². The van der Waals surface area contributed by atoms with Crippen LogP contribution in [0, 0.1) is 5.92 Å². The van der Waals surface area contributed by atoms with E-state index in [4.69, 9.17) is 0 Å². The van der Waals surface area contributed by atoms with Gasteiger partial charge in [0, 0.05) is 26.1 Å². The molecule has 23 heavy (non-hydrogen) atoms. The summed E-state index contributed by atoms with van der Waals surface area (Å²) >= 11 is 0. The van der Waals surface area contributed by atoms with Gasteiger partial charge in [-0.1, -0.05) is 19.9 Å². The SMILES string of the molecule is CC(C)CCC(=O)NNC(=O)c1cccc(S(=O)(=O)N(C)C)c1. The van der Waals surface area contributed by atoms with Gasteiger partial charge in [-0.2, -0.15) is 0 Å². The lowest BCUT2D eigenvalue weighted by Gasteiger charge is -2.12. The Bertz CT molecular complexity index is 669. The van der Waals surface area contributed by atoms with E-state index in [1.54, 1.807) is 0 Å². The molecule has 0 aliphatic heterocycles. The van der Waals surface area contributed by atoms with Gasteiger partial charge in [-0.25, -0.2) is 12.7 Å². The number of hydrogen-bond acceptors (Lipinski definition) is 4. The molecule has 0 saturated heterocycles. The monoisotopic (exact) mass is 341 g/mol. The zero-order valence-corrected chi connectivity index (χ0v) is 14.6. The maximum Gasteiger partial charge on any atom is 0.269 e. The van der Waals surface area contributed by atoms with Gasteiger partial charge in [0.1, 0.15) is 0 Å². The summed E-state index contributed by atoms with van der Waals surface area (Å²) in [6.45, 7) is 4.01. The minimum absolute atomic E-state index is 0.0151. The lowest BCUT2D eigenvalue weighted by Crippen LogP contribution is -2.41. The number of carbonyl (C=O) groups is 2. The fraction of sp³-hybridized carbons (Fsp3) is 0.467. The van der Waals surface area contributed by atoms with E-state index in [9.17, 15) is 18.0 Å².